The first-order chi connectivity index (χ1) is 21.3. The summed E-state index contributed by atoms with van der Waals surface area (Å²) in [6.07, 6.45) is 2.57. The number of rotatable bonds is 12. The lowest BCUT2D eigenvalue weighted by molar-refractivity contribution is -0.130. The highest BCUT2D eigenvalue weighted by Gasteiger charge is 2.18. The van der Waals surface area contributed by atoms with Crippen LogP contribution in [0.4, 0.5) is 10.5 Å². The number of oxime groups is 1. The average Bonchev–Trinajstić information content (AvgIpc) is 3.00. The molecule has 0 spiro atoms. The monoisotopic (exact) mass is 632 g/mol. The second-order valence-electron chi connectivity index (χ2n) is 8.85. The Morgan fingerprint density at radius 2 is 1.86 bits per heavy atom. The molecule has 1 saturated heterocycles. The predicted octanol–water partition coefficient (Wildman–Crippen LogP) is 6.51. The highest BCUT2D eigenvalue weighted by atomic mass is 35.5. The van der Waals surface area contributed by atoms with Gasteiger partial charge in [-0.1, -0.05) is 37.2 Å². The van der Waals surface area contributed by atoms with Gasteiger partial charge in [0.2, 0.25) is 0 Å². The Morgan fingerprint density at radius 3 is 2.50 bits per heavy atom. The maximum atomic E-state index is 12.3. The number of carbonyl (C=O) groups is 1. The Kier molecular flexibility index (Phi) is 15.8. The van der Waals surface area contributed by atoms with Gasteiger partial charge in [-0.05, 0) is 38.1 Å². The van der Waals surface area contributed by atoms with Gasteiger partial charge < -0.3 is 38.9 Å². The van der Waals surface area contributed by atoms with Crippen molar-refractivity contribution in [1.29, 1.82) is 0 Å². The van der Waals surface area contributed by atoms with E-state index < -0.39 is 6.03 Å². The van der Waals surface area contributed by atoms with Crippen LogP contribution in [-0.4, -0.2) is 68.7 Å². The molecule has 0 aliphatic carbocycles. The van der Waals surface area contributed by atoms with Crippen LogP contribution in [0.5, 0.6) is 23.0 Å². The van der Waals surface area contributed by atoms with Gasteiger partial charge in [-0.2, -0.15) is 0 Å². The Labute approximate surface area is 262 Å². The molecule has 1 fully saturated rings. The number of urea groups is 1. The molecule has 1 aliphatic rings. The van der Waals surface area contributed by atoms with Gasteiger partial charge in [0.15, 0.2) is 11.5 Å². The lowest BCUT2D eigenvalue weighted by Gasteiger charge is -2.25. The number of hydrogen-bond donors (Lipinski definition) is 3. The number of ether oxygens (including phenoxy) is 5. The van der Waals surface area contributed by atoms with Crippen molar-refractivity contribution >= 4 is 40.1 Å². The highest BCUT2D eigenvalue weighted by Crippen LogP contribution is 2.38. The molecule has 0 radical (unpaired) electrons. The van der Waals surface area contributed by atoms with Crippen LogP contribution in [0.15, 0.2) is 60.1 Å². The molecule has 2 aromatic carbocycles. The Bertz CT molecular complexity index is 1400. The molecule has 4 rings (SSSR count). The minimum absolute atomic E-state index is 0.191. The zero-order chi connectivity index (χ0) is 32.5. The van der Waals surface area contributed by atoms with E-state index in [1.54, 1.807) is 51.4 Å². The van der Waals surface area contributed by atoms with Gasteiger partial charge in [-0.25, -0.2) is 4.79 Å². The molecule has 2 amide bonds. The number of nitrogens with one attached hydrogen (secondary N) is 2. The molecule has 0 unspecified atom stereocenters. The summed E-state index contributed by atoms with van der Waals surface area (Å²) < 4.78 is 28.4. The van der Waals surface area contributed by atoms with Gasteiger partial charge in [0.1, 0.15) is 29.2 Å². The van der Waals surface area contributed by atoms with E-state index in [0.29, 0.717) is 66.4 Å². The molecule has 1 aromatic heterocycles. The molecule has 44 heavy (non-hydrogen) atoms. The predicted molar refractivity (Wildman–Crippen MR) is 171 cm³/mol. The van der Waals surface area contributed by atoms with Crippen LogP contribution in [-0.2, 0) is 14.3 Å². The lowest BCUT2D eigenvalue weighted by atomic mass is 10.1. The van der Waals surface area contributed by atoms with Crippen molar-refractivity contribution in [3.8, 4) is 23.0 Å². The van der Waals surface area contributed by atoms with Gasteiger partial charge in [0.05, 0.1) is 49.8 Å². The fraction of sp³-hybridized carbons (Fsp3) is 0.387. The number of pyridine rings is 1. The third-order valence-electron chi connectivity index (χ3n) is 5.54. The van der Waals surface area contributed by atoms with Gasteiger partial charge >= 0.3 is 6.03 Å². The summed E-state index contributed by atoms with van der Waals surface area (Å²) in [6.45, 7) is 13.2. The number of benzene rings is 2. The second kappa shape index (κ2) is 19.2. The maximum absolute atomic E-state index is 12.3. The van der Waals surface area contributed by atoms with E-state index in [-0.39, 0.29) is 17.0 Å². The van der Waals surface area contributed by atoms with Gasteiger partial charge in [0, 0.05) is 37.2 Å². The van der Waals surface area contributed by atoms with Crippen molar-refractivity contribution in [2.24, 2.45) is 5.16 Å². The van der Waals surface area contributed by atoms with Crippen LogP contribution in [0, 0.1) is 0 Å². The molecule has 0 bridgehead atoms. The largest absolute Gasteiger partial charge is 0.493 e. The number of aromatic nitrogens is 1. The third-order valence-corrected chi connectivity index (χ3v) is 5.86. The minimum Gasteiger partial charge on any atom is -0.493 e. The molecule has 2 heterocycles. The quantitative estimate of drug-likeness (QED) is 0.0669. The summed E-state index contributed by atoms with van der Waals surface area (Å²) in [6, 6.07) is 9.75. The number of fused-ring (bicyclic) bond motifs is 1. The van der Waals surface area contributed by atoms with Crippen molar-refractivity contribution in [3.63, 3.8) is 0 Å². The fourth-order valence-corrected chi connectivity index (χ4v) is 3.78. The SMILES string of the molecule is C=C(C)O/N=C(\C)NC(=O)Nc1ccc(Oc2ccnc3cc(OCCCOC4COC4)c(OC)cc23)cc1Cl.CC.CO. The summed E-state index contributed by atoms with van der Waals surface area (Å²) >= 11 is 6.41. The van der Waals surface area contributed by atoms with Crippen LogP contribution in [0.3, 0.4) is 0 Å². The van der Waals surface area contributed by atoms with E-state index in [9.17, 15) is 4.79 Å². The minimum atomic E-state index is -0.534. The molecular formula is C31H41ClN4O8. The van der Waals surface area contributed by atoms with Crippen LogP contribution >= 0.6 is 11.6 Å². The van der Waals surface area contributed by atoms with Crippen molar-refractivity contribution in [2.45, 2.75) is 40.2 Å². The van der Waals surface area contributed by atoms with E-state index in [1.807, 2.05) is 26.0 Å². The number of halogens is 1. The number of allylic oxidation sites excluding steroid dienone is 1. The second-order valence-corrected chi connectivity index (χ2v) is 9.26. The van der Waals surface area contributed by atoms with E-state index in [4.69, 9.17) is 45.2 Å². The number of anilines is 1. The number of hydrogen-bond acceptors (Lipinski definition) is 10. The van der Waals surface area contributed by atoms with E-state index in [0.717, 1.165) is 18.9 Å². The first-order valence-corrected chi connectivity index (χ1v) is 14.4. The molecule has 0 saturated carbocycles. The van der Waals surface area contributed by atoms with Gasteiger partial charge in [0.25, 0.3) is 0 Å². The lowest BCUT2D eigenvalue weighted by Crippen LogP contribution is -2.36. The zero-order valence-corrected chi connectivity index (χ0v) is 26.7. The number of aliphatic hydroxyl groups is 1. The zero-order valence-electron chi connectivity index (χ0n) is 25.9. The Morgan fingerprint density at radius 1 is 1.11 bits per heavy atom. The summed E-state index contributed by atoms with van der Waals surface area (Å²) in [7, 11) is 2.58. The van der Waals surface area contributed by atoms with Crippen LogP contribution in [0.25, 0.3) is 10.9 Å². The van der Waals surface area contributed by atoms with Crippen molar-refractivity contribution < 1.29 is 38.4 Å². The Hall–Kier alpha value is -4.10. The smallest absolute Gasteiger partial charge is 0.324 e. The van der Waals surface area contributed by atoms with Crippen LogP contribution < -0.4 is 24.8 Å². The molecule has 0 atom stereocenters. The van der Waals surface area contributed by atoms with E-state index in [1.165, 1.54) is 0 Å². The number of methoxy groups -OCH3 is 1. The average molecular weight is 633 g/mol. The number of aliphatic hydroxyl groups excluding tert-OH is 1. The maximum Gasteiger partial charge on any atom is 0.324 e. The molecule has 3 aromatic rings. The third kappa shape index (κ3) is 11.2. The molecule has 3 N–H and O–H groups in total. The fourth-order valence-electron chi connectivity index (χ4n) is 3.57. The van der Waals surface area contributed by atoms with Crippen molar-refractivity contribution in [3.05, 3.63) is 60.0 Å². The normalized spacial score (nSPS) is 12.4. The van der Waals surface area contributed by atoms with Crippen molar-refractivity contribution in [1.82, 2.24) is 10.3 Å². The standard InChI is InChI=1S/C28H31ClN4O7.C2H6.CH4O/c1-17(2)40-33-18(3)31-28(34)32-23-7-6-19(12-22(23)29)39-25-8-9-30-24-14-27(26(35-4)13-21(24)25)38-11-5-10-37-20-15-36-16-20;2*1-2/h6-9,12-14,20H,1,5,10-11,15-16H2,2-4H3,(H2,31,32,33,34);1-2H3;2H,1H3. The van der Waals surface area contributed by atoms with Crippen molar-refractivity contribution in [2.75, 3.05) is 46.0 Å². The molecular weight excluding hydrogens is 592 g/mol. The van der Waals surface area contributed by atoms with Crippen LogP contribution in [0.2, 0.25) is 5.02 Å². The molecule has 12 nitrogen and oxygen atoms in total. The summed E-state index contributed by atoms with van der Waals surface area (Å²) in [5, 5.41) is 16.9. The van der Waals surface area contributed by atoms with E-state index in [2.05, 4.69) is 27.4 Å². The highest BCUT2D eigenvalue weighted by molar-refractivity contribution is 6.34. The summed E-state index contributed by atoms with van der Waals surface area (Å²) in [4.78, 5) is 21.6. The molecule has 1 aliphatic heterocycles. The number of amides is 2. The van der Waals surface area contributed by atoms with Crippen LogP contribution in [0.1, 0.15) is 34.1 Å². The van der Waals surface area contributed by atoms with E-state index >= 15 is 0 Å². The number of nitrogens with zero attached hydrogens (tertiary/aromatic N) is 2. The first-order valence-electron chi connectivity index (χ1n) is 14.0. The number of amidine groups is 1. The summed E-state index contributed by atoms with van der Waals surface area (Å²) in [5.41, 5.74) is 1.06. The topological polar surface area (TPSA) is 142 Å². The summed E-state index contributed by atoms with van der Waals surface area (Å²) in [5.74, 6) is 2.78. The first kappa shape index (κ1) is 36.1. The Balaban J connectivity index is 0.00000162. The van der Waals surface area contributed by atoms with Gasteiger partial charge in [-0.3, -0.25) is 10.3 Å². The number of carbonyl (C=O) groups excluding carboxylic acids is 1. The van der Waals surface area contributed by atoms with Gasteiger partial charge in [-0.15, -0.1) is 0 Å². The molecule has 13 heteroatoms. The molecule has 240 valence electrons.